The number of amides is 1. The van der Waals surface area contributed by atoms with Gasteiger partial charge in [0.15, 0.2) is 0 Å². The minimum atomic E-state index is -2.84. The van der Waals surface area contributed by atoms with E-state index >= 15 is 0 Å². The number of nitrogens with zero attached hydrogens (tertiary/aromatic N) is 2. The molecule has 2 saturated heterocycles. The third-order valence-corrected chi connectivity index (χ3v) is 8.89. The molecule has 2 aromatic rings. The Labute approximate surface area is 230 Å². The second kappa shape index (κ2) is 12.6. The fourth-order valence-corrected chi connectivity index (χ4v) is 6.33. The third kappa shape index (κ3) is 7.87. The van der Waals surface area contributed by atoms with Gasteiger partial charge in [-0.3, -0.25) is 9.59 Å². The predicted molar refractivity (Wildman–Crippen MR) is 147 cm³/mol. The van der Waals surface area contributed by atoms with Crippen LogP contribution in [0.1, 0.15) is 74.8 Å². The fourth-order valence-electron chi connectivity index (χ4n) is 6.33. The van der Waals surface area contributed by atoms with Crippen LogP contribution in [0.4, 0.5) is 8.78 Å². The van der Waals surface area contributed by atoms with Crippen LogP contribution in [0.15, 0.2) is 54.6 Å². The number of benzene rings is 2. The number of carbonyl (C=O) groups is 2. The lowest BCUT2D eigenvalue weighted by atomic mass is 9.77. The summed E-state index contributed by atoms with van der Waals surface area (Å²) in [6.45, 7) is 1.40. The van der Waals surface area contributed by atoms with E-state index in [1.54, 1.807) is 12.1 Å². The van der Waals surface area contributed by atoms with E-state index in [9.17, 15) is 18.4 Å². The highest BCUT2D eigenvalue weighted by atomic mass is 19.3. The summed E-state index contributed by atoms with van der Waals surface area (Å²) < 4.78 is 29.2. The molecule has 0 N–H and O–H groups in total. The number of carbonyl (C=O) groups excluding carboxylic acids is 2. The van der Waals surface area contributed by atoms with Crippen LogP contribution < -0.4 is 4.74 Å². The van der Waals surface area contributed by atoms with E-state index in [1.807, 2.05) is 11.0 Å². The molecule has 3 aliphatic rings. The van der Waals surface area contributed by atoms with Crippen molar-refractivity contribution in [3.8, 4) is 5.75 Å². The zero-order valence-electron chi connectivity index (χ0n) is 22.7. The van der Waals surface area contributed by atoms with Crippen molar-refractivity contribution in [2.75, 3.05) is 26.2 Å². The van der Waals surface area contributed by atoms with Gasteiger partial charge >= 0.3 is 6.61 Å². The topological polar surface area (TPSA) is 49.9 Å². The lowest BCUT2D eigenvalue weighted by Crippen LogP contribution is -2.42. The van der Waals surface area contributed by atoms with Crippen LogP contribution in [0.2, 0.25) is 0 Å². The van der Waals surface area contributed by atoms with E-state index in [1.165, 1.54) is 30.5 Å². The number of halogens is 2. The van der Waals surface area contributed by atoms with Gasteiger partial charge in [-0.05, 0) is 98.7 Å². The summed E-state index contributed by atoms with van der Waals surface area (Å²) in [5, 5.41) is 0. The first-order valence-electron chi connectivity index (χ1n) is 14.5. The summed E-state index contributed by atoms with van der Waals surface area (Å²) in [7, 11) is 0. The van der Waals surface area contributed by atoms with Crippen LogP contribution in [-0.4, -0.2) is 54.3 Å². The molecule has 5 rings (SSSR count). The first-order chi connectivity index (χ1) is 18.9. The molecule has 1 atom stereocenters. The van der Waals surface area contributed by atoms with Gasteiger partial charge in [0.05, 0.1) is 0 Å². The second-order valence-corrected chi connectivity index (χ2v) is 11.9. The molecule has 39 heavy (non-hydrogen) atoms. The molecule has 2 aromatic carbocycles. The number of ether oxygens (including phenoxy) is 1. The molecular weight excluding hydrogens is 498 g/mol. The number of hydrogen-bond donors (Lipinski definition) is 0. The van der Waals surface area contributed by atoms with Gasteiger partial charge in [-0.15, -0.1) is 0 Å². The van der Waals surface area contributed by atoms with Crippen molar-refractivity contribution < 1.29 is 23.1 Å². The van der Waals surface area contributed by atoms with Gasteiger partial charge in [-0.25, -0.2) is 0 Å². The van der Waals surface area contributed by atoms with Gasteiger partial charge in [0, 0.05) is 32.4 Å². The highest BCUT2D eigenvalue weighted by Crippen LogP contribution is 2.42. The number of alkyl halides is 2. The summed E-state index contributed by atoms with van der Waals surface area (Å²) in [4.78, 5) is 29.8. The van der Waals surface area contributed by atoms with E-state index in [4.69, 9.17) is 0 Å². The van der Waals surface area contributed by atoms with Crippen LogP contribution in [0, 0.1) is 11.3 Å². The molecule has 5 nitrogen and oxygen atoms in total. The molecule has 0 unspecified atom stereocenters. The maximum absolute atomic E-state index is 12.9. The number of hydrogen-bond acceptors (Lipinski definition) is 4. The molecule has 0 bridgehead atoms. The summed E-state index contributed by atoms with van der Waals surface area (Å²) in [6, 6.07) is 17.2. The molecule has 2 heterocycles. The van der Waals surface area contributed by atoms with Crippen molar-refractivity contribution in [2.45, 2.75) is 76.9 Å². The average Bonchev–Trinajstić information content (AvgIpc) is 3.69. The van der Waals surface area contributed by atoms with Crippen molar-refractivity contribution in [3.05, 3.63) is 65.7 Å². The molecule has 0 radical (unpaired) electrons. The molecule has 0 aromatic heterocycles. The minimum Gasteiger partial charge on any atom is -0.435 e. The van der Waals surface area contributed by atoms with Gasteiger partial charge in [0.1, 0.15) is 11.5 Å². The Morgan fingerprint density at radius 3 is 2.38 bits per heavy atom. The largest absolute Gasteiger partial charge is 0.435 e. The lowest BCUT2D eigenvalue weighted by Gasteiger charge is -2.39. The van der Waals surface area contributed by atoms with Gasteiger partial charge in [-0.2, -0.15) is 8.78 Å². The Bertz CT molecular complexity index is 1100. The van der Waals surface area contributed by atoms with E-state index < -0.39 is 6.61 Å². The lowest BCUT2D eigenvalue weighted by molar-refractivity contribution is -0.128. The van der Waals surface area contributed by atoms with E-state index in [0.717, 1.165) is 63.8 Å². The van der Waals surface area contributed by atoms with Gasteiger partial charge in [0.2, 0.25) is 5.91 Å². The van der Waals surface area contributed by atoms with Crippen LogP contribution in [0.5, 0.6) is 5.75 Å². The molecule has 3 fully saturated rings. The summed E-state index contributed by atoms with van der Waals surface area (Å²) in [5.74, 6) is 1.78. The number of rotatable bonds is 13. The van der Waals surface area contributed by atoms with Crippen LogP contribution >= 0.6 is 0 Å². The fraction of sp³-hybridized carbons (Fsp3) is 0.562. The van der Waals surface area contributed by atoms with E-state index in [0.29, 0.717) is 37.0 Å². The minimum absolute atomic E-state index is 0.0281. The molecule has 1 amide bonds. The standard InChI is InChI=1S/C32H40F2N2O3/c33-31(34)39-29-12-8-25(9-13-29)22-36-23-32(21-30(36)38)15-18-35(19-16-32)17-14-27(26-4-2-1-3-5-26)10-11-28(37)20-24-6-7-24/h1-5,8-9,12-13,24,27,31H,6-7,10-11,14-23H2/t27-/m0/s1. The Hall–Kier alpha value is -2.80. The van der Waals surface area contributed by atoms with Crippen molar-refractivity contribution in [3.63, 3.8) is 0 Å². The Morgan fingerprint density at radius 2 is 1.72 bits per heavy atom. The number of piperidine rings is 1. The molecule has 7 heteroatoms. The normalized spacial score (nSPS) is 20.1. The highest BCUT2D eigenvalue weighted by molar-refractivity contribution is 5.79. The first-order valence-corrected chi connectivity index (χ1v) is 14.5. The summed E-state index contributed by atoms with van der Waals surface area (Å²) in [5.41, 5.74) is 2.28. The van der Waals surface area contributed by atoms with Crippen LogP contribution in [0.25, 0.3) is 0 Å². The number of likely N-dealkylation sites (tertiary alicyclic amines) is 2. The maximum Gasteiger partial charge on any atom is 0.387 e. The molecular formula is C32H40F2N2O3. The Kier molecular flexibility index (Phi) is 8.96. The highest BCUT2D eigenvalue weighted by Gasteiger charge is 2.44. The smallest absolute Gasteiger partial charge is 0.387 e. The quantitative estimate of drug-likeness (QED) is 0.295. The zero-order chi connectivity index (χ0) is 27.2. The van der Waals surface area contributed by atoms with E-state index in [2.05, 4.69) is 33.9 Å². The number of ketones is 1. The monoisotopic (exact) mass is 538 g/mol. The van der Waals surface area contributed by atoms with Gasteiger partial charge in [0.25, 0.3) is 0 Å². The van der Waals surface area contributed by atoms with E-state index in [-0.39, 0.29) is 17.1 Å². The predicted octanol–water partition coefficient (Wildman–Crippen LogP) is 6.43. The Morgan fingerprint density at radius 1 is 1.00 bits per heavy atom. The van der Waals surface area contributed by atoms with Crippen molar-refractivity contribution in [2.24, 2.45) is 11.3 Å². The van der Waals surface area contributed by atoms with Crippen molar-refractivity contribution in [1.82, 2.24) is 9.80 Å². The van der Waals surface area contributed by atoms with Gasteiger partial charge in [-0.1, -0.05) is 42.5 Å². The Balaban J connectivity index is 1.09. The molecule has 210 valence electrons. The molecule has 2 aliphatic heterocycles. The average molecular weight is 539 g/mol. The molecule has 1 aliphatic carbocycles. The van der Waals surface area contributed by atoms with Crippen molar-refractivity contribution >= 4 is 11.7 Å². The summed E-state index contributed by atoms with van der Waals surface area (Å²) >= 11 is 0. The zero-order valence-corrected chi connectivity index (χ0v) is 22.7. The maximum atomic E-state index is 12.9. The second-order valence-electron chi connectivity index (χ2n) is 11.9. The third-order valence-electron chi connectivity index (χ3n) is 8.89. The first kappa shape index (κ1) is 27.8. The molecule has 1 spiro atoms. The molecule has 1 saturated carbocycles. The van der Waals surface area contributed by atoms with Crippen LogP contribution in [0.3, 0.4) is 0 Å². The number of Topliss-reactive ketones (excluding diaryl/α,β-unsaturated/α-hetero) is 1. The summed E-state index contributed by atoms with van der Waals surface area (Å²) in [6.07, 6.45) is 8.46. The van der Waals surface area contributed by atoms with Crippen LogP contribution in [-0.2, 0) is 16.1 Å². The van der Waals surface area contributed by atoms with Crippen molar-refractivity contribution in [1.29, 1.82) is 0 Å². The van der Waals surface area contributed by atoms with Gasteiger partial charge < -0.3 is 14.5 Å². The SMILES string of the molecule is O=C(CC[C@@H](CCN1CCC2(CC1)CC(=O)N(Cc1ccc(OC(F)F)cc1)C2)c1ccccc1)CC1CC1.